The molecule has 0 saturated carbocycles. The number of terminal acetylenes is 1. The van der Waals surface area contributed by atoms with E-state index in [-0.39, 0.29) is 6.42 Å². The molecule has 1 heterocycles. The standard InChI is InChI=1S/C14H11ClN2O2/c1-2-3-12(14(18)19)17-11-6-7-16-13-8-9(15)4-5-10(11)13/h1,4-8,12H,3H2,(H,16,17)(H,18,19). The molecule has 1 aromatic carbocycles. The van der Waals surface area contributed by atoms with Crippen LogP contribution in [0.1, 0.15) is 6.42 Å². The molecule has 2 rings (SSSR count). The Balaban J connectivity index is 2.40. The zero-order chi connectivity index (χ0) is 13.8. The van der Waals surface area contributed by atoms with Crippen LogP contribution in [0, 0.1) is 12.3 Å². The molecule has 1 unspecified atom stereocenters. The van der Waals surface area contributed by atoms with Crippen LogP contribution in [0.5, 0.6) is 0 Å². The first kappa shape index (κ1) is 13.2. The van der Waals surface area contributed by atoms with Crippen molar-refractivity contribution in [3.8, 4) is 12.3 Å². The summed E-state index contributed by atoms with van der Waals surface area (Å²) in [6, 6.07) is 6.13. The second kappa shape index (κ2) is 5.59. The number of carbonyl (C=O) groups is 1. The van der Waals surface area contributed by atoms with Gasteiger partial charge in [0.05, 0.1) is 5.52 Å². The highest BCUT2D eigenvalue weighted by Crippen LogP contribution is 2.25. The molecule has 0 aliphatic carbocycles. The van der Waals surface area contributed by atoms with Crippen LogP contribution in [0.25, 0.3) is 10.9 Å². The van der Waals surface area contributed by atoms with Crippen molar-refractivity contribution in [1.29, 1.82) is 0 Å². The lowest BCUT2D eigenvalue weighted by molar-refractivity contribution is -0.137. The van der Waals surface area contributed by atoms with E-state index in [1.807, 2.05) is 0 Å². The minimum Gasteiger partial charge on any atom is -0.480 e. The summed E-state index contributed by atoms with van der Waals surface area (Å²) in [4.78, 5) is 15.3. The summed E-state index contributed by atoms with van der Waals surface area (Å²) in [5.74, 6) is 1.36. The third-order valence-corrected chi connectivity index (χ3v) is 2.89. The van der Waals surface area contributed by atoms with Gasteiger partial charge in [-0.3, -0.25) is 4.98 Å². The van der Waals surface area contributed by atoms with Gasteiger partial charge in [-0.05, 0) is 24.3 Å². The molecule has 0 fully saturated rings. The second-order valence-electron chi connectivity index (χ2n) is 3.96. The molecule has 2 aromatic rings. The minimum atomic E-state index is -0.989. The Kier molecular flexibility index (Phi) is 3.88. The fourth-order valence-corrected chi connectivity index (χ4v) is 1.92. The maximum Gasteiger partial charge on any atom is 0.327 e. The summed E-state index contributed by atoms with van der Waals surface area (Å²) in [5.41, 5.74) is 1.37. The predicted molar refractivity (Wildman–Crippen MR) is 75.2 cm³/mol. The van der Waals surface area contributed by atoms with E-state index < -0.39 is 12.0 Å². The van der Waals surface area contributed by atoms with Gasteiger partial charge in [-0.2, -0.15) is 0 Å². The van der Waals surface area contributed by atoms with Crippen molar-refractivity contribution in [2.75, 3.05) is 5.32 Å². The number of pyridine rings is 1. The highest BCUT2D eigenvalue weighted by Gasteiger charge is 2.16. The molecule has 19 heavy (non-hydrogen) atoms. The first-order valence-electron chi connectivity index (χ1n) is 5.59. The molecule has 0 aliphatic rings. The topological polar surface area (TPSA) is 62.2 Å². The van der Waals surface area contributed by atoms with E-state index in [0.717, 1.165) is 5.39 Å². The van der Waals surface area contributed by atoms with Gasteiger partial charge in [0.25, 0.3) is 0 Å². The molecule has 5 heteroatoms. The van der Waals surface area contributed by atoms with Gasteiger partial charge in [0.15, 0.2) is 0 Å². The van der Waals surface area contributed by atoms with Crippen LogP contribution in [-0.2, 0) is 4.79 Å². The second-order valence-corrected chi connectivity index (χ2v) is 4.40. The van der Waals surface area contributed by atoms with Crippen molar-refractivity contribution in [1.82, 2.24) is 4.98 Å². The quantitative estimate of drug-likeness (QED) is 0.842. The summed E-state index contributed by atoms with van der Waals surface area (Å²) in [6.45, 7) is 0. The fraction of sp³-hybridized carbons (Fsp3) is 0.143. The Morgan fingerprint density at radius 2 is 2.32 bits per heavy atom. The first-order chi connectivity index (χ1) is 9.11. The van der Waals surface area contributed by atoms with Crippen molar-refractivity contribution in [3.05, 3.63) is 35.5 Å². The molecule has 0 spiro atoms. The number of anilines is 1. The summed E-state index contributed by atoms with van der Waals surface area (Å²) >= 11 is 5.90. The van der Waals surface area contributed by atoms with Crippen molar-refractivity contribution in [3.63, 3.8) is 0 Å². The smallest absolute Gasteiger partial charge is 0.327 e. The molecular weight excluding hydrogens is 264 g/mol. The number of nitrogens with zero attached hydrogens (tertiary/aromatic N) is 1. The third kappa shape index (κ3) is 2.95. The molecule has 96 valence electrons. The number of rotatable bonds is 4. The van der Waals surface area contributed by atoms with Crippen LogP contribution in [0.2, 0.25) is 5.02 Å². The number of benzene rings is 1. The zero-order valence-corrected chi connectivity index (χ0v) is 10.7. The molecule has 1 atom stereocenters. The number of aliphatic carboxylic acids is 1. The molecule has 0 saturated heterocycles. The molecule has 0 amide bonds. The lowest BCUT2D eigenvalue weighted by Gasteiger charge is -2.15. The van der Waals surface area contributed by atoms with Gasteiger partial charge in [0.2, 0.25) is 0 Å². The Morgan fingerprint density at radius 1 is 1.53 bits per heavy atom. The van der Waals surface area contributed by atoms with E-state index in [0.29, 0.717) is 16.2 Å². The number of hydrogen-bond donors (Lipinski definition) is 2. The van der Waals surface area contributed by atoms with E-state index in [2.05, 4.69) is 16.2 Å². The Hall–Kier alpha value is -2.25. The van der Waals surface area contributed by atoms with Crippen molar-refractivity contribution in [2.45, 2.75) is 12.5 Å². The molecule has 0 bridgehead atoms. The number of carboxylic acid groups (broad SMARTS) is 1. The van der Waals surface area contributed by atoms with Crippen LogP contribution in [0.4, 0.5) is 5.69 Å². The fourth-order valence-electron chi connectivity index (χ4n) is 1.75. The minimum absolute atomic E-state index is 0.104. The van der Waals surface area contributed by atoms with Gasteiger partial charge >= 0.3 is 5.97 Å². The SMILES string of the molecule is C#CCC(Nc1ccnc2cc(Cl)ccc12)C(=O)O. The maximum atomic E-state index is 11.1. The van der Waals surface area contributed by atoms with Gasteiger partial charge in [0.1, 0.15) is 6.04 Å². The lowest BCUT2D eigenvalue weighted by atomic mass is 10.1. The normalized spacial score (nSPS) is 11.8. The van der Waals surface area contributed by atoms with Crippen LogP contribution in [0.3, 0.4) is 0 Å². The Morgan fingerprint density at radius 3 is 3.00 bits per heavy atom. The maximum absolute atomic E-state index is 11.1. The van der Waals surface area contributed by atoms with Gasteiger partial charge in [-0.1, -0.05) is 11.6 Å². The molecule has 1 aromatic heterocycles. The third-order valence-electron chi connectivity index (χ3n) is 2.65. The number of carboxylic acids is 1. The van der Waals surface area contributed by atoms with Crippen LogP contribution < -0.4 is 5.32 Å². The average molecular weight is 275 g/mol. The largest absolute Gasteiger partial charge is 0.480 e. The van der Waals surface area contributed by atoms with Crippen LogP contribution in [-0.4, -0.2) is 22.1 Å². The van der Waals surface area contributed by atoms with E-state index in [9.17, 15) is 4.79 Å². The average Bonchev–Trinajstić information content (AvgIpc) is 2.37. The zero-order valence-electron chi connectivity index (χ0n) is 9.93. The Bertz CT molecular complexity index is 664. The molecule has 4 nitrogen and oxygen atoms in total. The highest BCUT2D eigenvalue weighted by molar-refractivity contribution is 6.31. The number of aromatic nitrogens is 1. The van der Waals surface area contributed by atoms with E-state index in [4.69, 9.17) is 23.1 Å². The number of halogens is 1. The van der Waals surface area contributed by atoms with Crippen molar-refractivity contribution in [2.24, 2.45) is 0 Å². The number of nitrogens with one attached hydrogen (secondary N) is 1. The molecular formula is C14H11ClN2O2. The van der Waals surface area contributed by atoms with Gasteiger partial charge in [-0.15, -0.1) is 12.3 Å². The number of fused-ring (bicyclic) bond motifs is 1. The van der Waals surface area contributed by atoms with Gasteiger partial charge in [0, 0.05) is 28.7 Å². The molecule has 2 N–H and O–H groups in total. The summed E-state index contributed by atoms with van der Waals surface area (Å²) in [7, 11) is 0. The monoisotopic (exact) mass is 274 g/mol. The van der Waals surface area contributed by atoms with E-state index in [1.165, 1.54) is 0 Å². The van der Waals surface area contributed by atoms with Crippen LogP contribution in [0.15, 0.2) is 30.5 Å². The number of hydrogen-bond acceptors (Lipinski definition) is 3. The lowest BCUT2D eigenvalue weighted by Crippen LogP contribution is -2.28. The van der Waals surface area contributed by atoms with Gasteiger partial charge < -0.3 is 10.4 Å². The first-order valence-corrected chi connectivity index (χ1v) is 5.96. The Labute approximate surface area is 115 Å². The van der Waals surface area contributed by atoms with E-state index in [1.54, 1.807) is 30.5 Å². The summed E-state index contributed by atoms with van der Waals surface area (Å²) in [6.07, 6.45) is 6.87. The van der Waals surface area contributed by atoms with E-state index >= 15 is 0 Å². The van der Waals surface area contributed by atoms with Crippen molar-refractivity contribution >= 4 is 34.2 Å². The highest BCUT2D eigenvalue weighted by atomic mass is 35.5. The van der Waals surface area contributed by atoms with Crippen LogP contribution >= 0.6 is 11.6 Å². The van der Waals surface area contributed by atoms with Crippen molar-refractivity contribution < 1.29 is 9.90 Å². The predicted octanol–water partition coefficient (Wildman–Crippen LogP) is 2.78. The molecule has 0 aliphatic heterocycles. The van der Waals surface area contributed by atoms with Gasteiger partial charge in [-0.25, -0.2) is 4.79 Å². The molecule has 0 radical (unpaired) electrons. The summed E-state index contributed by atoms with van der Waals surface area (Å²) in [5, 5.41) is 13.4. The summed E-state index contributed by atoms with van der Waals surface area (Å²) < 4.78 is 0.